The number of allylic oxidation sites excluding steroid dienone is 1. The van der Waals surface area contributed by atoms with E-state index in [1.165, 1.54) is 0 Å². The molecule has 164 valence electrons. The Morgan fingerprint density at radius 2 is 1.84 bits per heavy atom. The van der Waals surface area contributed by atoms with Crippen LogP contribution in [0.4, 0.5) is 5.69 Å². The molecule has 32 heavy (non-hydrogen) atoms. The summed E-state index contributed by atoms with van der Waals surface area (Å²) < 4.78 is 12.2. The fourth-order valence-corrected chi connectivity index (χ4v) is 3.66. The fraction of sp³-hybridized carbons (Fsp3) is 0.208. The van der Waals surface area contributed by atoms with Crippen LogP contribution >= 0.6 is 0 Å². The van der Waals surface area contributed by atoms with Crippen molar-refractivity contribution in [2.75, 3.05) is 13.2 Å². The molecule has 1 aliphatic heterocycles. The number of hydrogen-bond acceptors (Lipinski definition) is 6. The van der Waals surface area contributed by atoms with Crippen molar-refractivity contribution in [3.05, 3.63) is 74.4 Å². The first kappa shape index (κ1) is 21.2. The van der Waals surface area contributed by atoms with E-state index >= 15 is 0 Å². The molecule has 0 bridgehead atoms. The molecule has 0 saturated heterocycles. The number of nitrogens with zero attached hydrogens (tertiary/aromatic N) is 2. The van der Waals surface area contributed by atoms with Gasteiger partial charge in [0.2, 0.25) is 5.88 Å². The molecule has 0 radical (unpaired) electrons. The Labute approximate surface area is 184 Å². The number of nitrogens with one attached hydrogen (secondary N) is 1. The maximum absolute atomic E-state index is 12.7. The lowest BCUT2D eigenvalue weighted by molar-refractivity contribution is 0.328. The van der Waals surface area contributed by atoms with E-state index in [1.54, 1.807) is 24.3 Å². The zero-order chi connectivity index (χ0) is 22.8. The second-order valence-corrected chi connectivity index (χ2v) is 7.10. The molecule has 2 N–H and O–H groups in total. The van der Waals surface area contributed by atoms with Crippen LogP contribution in [0.25, 0.3) is 17.3 Å². The minimum absolute atomic E-state index is 0.0601. The Kier molecular flexibility index (Phi) is 5.68. The van der Waals surface area contributed by atoms with E-state index < -0.39 is 17.1 Å². The lowest BCUT2D eigenvalue weighted by atomic mass is 10.0. The van der Waals surface area contributed by atoms with Gasteiger partial charge in [0.05, 0.1) is 24.6 Å². The van der Waals surface area contributed by atoms with Gasteiger partial charge in [0, 0.05) is 22.9 Å². The van der Waals surface area contributed by atoms with E-state index in [2.05, 4.69) is 9.98 Å². The third-order valence-corrected chi connectivity index (χ3v) is 5.06. The molecule has 8 nitrogen and oxygen atoms in total. The Hall–Kier alpha value is -4.07. The number of rotatable bonds is 6. The van der Waals surface area contributed by atoms with Crippen LogP contribution in [-0.4, -0.2) is 33.6 Å². The summed E-state index contributed by atoms with van der Waals surface area (Å²) in [4.78, 5) is 32.2. The average molecular weight is 433 g/mol. The summed E-state index contributed by atoms with van der Waals surface area (Å²) in [5.41, 5.74) is 1.73. The Bertz CT molecular complexity index is 1360. The highest BCUT2D eigenvalue weighted by atomic mass is 16.5. The minimum atomic E-state index is -0.790. The van der Waals surface area contributed by atoms with Gasteiger partial charge < -0.3 is 14.6 Å². The van der Waals surface area contributed by atoms with Crippen molar-refractivity contribution in [1.29, 1.82) is 0 Å². The summed E-state index contributed by atoms with van der Waals surface area (Å²) in [6.07, 6.45) is 1.54. The topological polar surface area (TPSA) is 106 Å². The highest BCUT2D eigenvalue weighted by Crippen LogP contribution is 2.36. The van der Waals surface area contributed by atoms with Gasteiger partial charge in [-0.25, -0.2) is 9.36 Å². The van der Waals surface area contributed by atoms with E-state index in [9.17, 15) is 14.7 Å². The van der Waals surface area contributed by atoms with E-state index in [4.69, 9.17) is 9.47 Å². The third-order valence-electron chi connectivity index (χ3n) is 5.06. The number of aromatic amines is 1. The van der Waals surface area contributed by atoms with Crippen LogP contribution < -0.4 is 20.7 Å². The van der Waals surface area contributed by atoms with Gasteiger partial charge in [-0.2, -0.15) is 0 Å². The van der Waals surface area contributed by atoms with Crippen molar-refractivity contribution in [3.8, 4) is 23.1 Å². The van der Waals surface area contributed by atoms with Crippen LogP contribution in [0, 0.1) is 0 Å². The van der Waals surface area contributed by atoms with Gasteiger partial charge in [0.25, 0.3) is 5.56 Å². The monoisotopic (exact) mass is 433 g/mol. The average Bonchev–Trinajstić information content (AvgIpc) is 3.08. The molecule has 1 aromatic heterocycles. The summed E-state index contributed by atoms with van der Waals surface area (Å²) in [6, 6.07) is 12.5. The smallest absolute Gasteiger partial charge is 0.335 e. The van der Waals surface area contributed by atoms with Gasteiger partial charge in [-0.05, 0) is 45.0 Å². The molecule has 3 aromatic rings. The van der Waals surface area contributed by atoms with Gasteiger partial charge in [-0.15, -0.1) is 0 Å². The standard InChI is InChI=1S/C24H23N3O5/c1-4-31-15-10-11-21(32-5-2)20(12-15)27-23(29)18(22(28)26-24(27)30)13-17-14(3)25-19-9-7-6-8-16(17)19/h6-13,29H,4-5H2,1-3H3,(H,26,28,30). The van der Waals surface area contributed by atoms with Crippen LogP contribution in [0.15, 0.2) is 57.0 Å². The summed E-state index contributed by atoms with van der Waals surface area (Å²) in [5.74, 6) is 0.358. The molecule has 8 heteroatoms. The van der Waals surface area contributed by atoms with Gasteiger partial charge >= 0.3 is 5.69 Å². The molecular weight excluding hydrogens is 410 g/mol. The molecule has 4 rings (SSSR count). The molecule has 0 fully saturated rings. The number of para-hydroxylation sites is 1. The molecule has 2 aromatic carbocycles. The zero-order valence-electron chi connectivity index (χ0n) is 18.0. The summed E-state index contributed by atoms with van der Waals surface area (Å²) in [5, 5.41) is 11.1. The number of benzene rings is 2. The van der Waals surface area contributed by atoms with Crippen LogP contribution in [0.5, 0.6) is 17.4 Å². The highest BCUT2D eigenvalue weighted by Gasteiger charge is 2.22. The zero-order valence-corrected chi connectivity index (χ0v) is 18.0. The maximum Gasteiger partial charge on any atom is 0.335 e. The number of hydrogen-bond donors (Lipinski definition) is 2. The van der Waals surface area contributed by atoms with E-state index in [0.717, 1.165) is 15.8 Å². The van der Waals surface area contributed by atoms with E-state index in [-0.39, 0.29) is 11.3 Å². The molecule has 2 heterocycles. The minimum Gasteiger partial charge on any atom is -0.494 e. The number of aromatic hydroxyl groups is 1. The second-order valence-electron chi connectivity index (χ2n) is 7.10. The summed E-state index contributed by atoms with van der Waals surface area (Å²) in [6.45, 7) is 6.25. The Morgan fingerprint density at radius 3 is 2.59 bits per heavy atom. The molecule has 0 unspecified atom stereocenters. The van der Waals surface area contributed by atoms with Gasteiger partial charge in [-0.3, -0.25) is 14.8 Å². The van der Waals surface area contributed by atoms with Crippen molar-refractivity contribution >= 4 is 23.0 Å². The van der Waals surface area contributed by atoms with Crippen LogP contribution in [0.3, 0.4) is 0 Å². The lowest BCUT2D eigenvalue weighted by Gasteiger charge is -2.16. The van der Waals surface area contributed by atoms with Gasteiger partial charge in [-0.1, -0.05) is 18.2 Å². The number of fused-ring (bicyclic) bond motifs is 1. The third kappa shape index (κ3) is 3.71. The SMILES string of the molecule is CCOc1ccc(OCC)c(-n2c(O)c(C=C3C(C)=Nc4ccccc43)c(=O)[nH]c2=O)c1. The Morgan fingerprint density at radius 1 is 1.09 bits per heavy atom. The largest absolute Gasteiger partial charge is 0.494 e. The predicted octanol–water partition coefficient (Wildman–Crippen LogP) is 3.68. The van der Waals surface area contributed by atoms with E-state index in [1.807, 2.05) is 45.0 Å². The Balaban J connectivity index is 1.95. The molecule has 0 atom stereocenters. The molecule has 0 spiro atoms. The van der Waals surface area contributed by atoms with Gasteiger partial charge in [0.1, 0.15) is 17.1 Å². The number of aliphatic imine (C=N–C) groups is 1. The van der Waals surface area contributed by atoms with Crippen molar-refractivity contribution in [2.45, 2.75) is 20.8 Å². The highest BCUT2D eigenvalue weighted by molar-refractivity contribution is 6.31. The number of H-pyrrole nitrogens is 1. The van der Waals surface area contributed by atoms with Crippen LogP contribution in [0.1, 0.15) is 31.9 Å². The van der Waals surface area contributed by atoms with E-state index in [0.29, 0.717) is 36.0 Å². The quantitative estimate of drug-likeness (QED) is 0.617. The van der Waals surface area contributed by atoms with Crippen molar-refractivity contribution in [2.24, 2.45) is 4.99 Å². The van der Waals surface area contributed by atoms with Crippen LogP contribution in [0.2, 0.25) is 0 Å². The van der Waals surface area contributed by atoms with Crippen molar-refractivity contribution in [3.63, 3.8) is 0 Å². The summed E-state index contributed by atoms with van der Waals surface area (Å²) in [7, 11) is 0. The first-order valence-electron chi connectivity index (χ1n) is 10.3. The van der Waals surface area contributed by atoms with Crippen molar-refractivity contribution < 1.29 is 14.6 Å². The number of aromatic nitrogens is 2. The normalized spacial score (nSPS) is 13.7. The maximum atomic E-state index is 12.7. The second kappa shape index (κ2) is 8.58. The molecule has 1 aliphatic rings. The lowest BCUT2D eigenvalue weighted by Crippen LogP contribution is -2.30. The first-order chi connectivity index (χ1) is 15.4. The summed E-state index contributed by atoms with van der Waals surface area (Å²) >= 11 is 0. The molecule has 0 amide bonds. The molecule has 0 saturated carbocycles. The fourth-order valence-electron chi connectivity index (χ4n) is 3.66. The van der Waals surface area contributed by atoms with Crippen molar-refractivity contribution in [1.82, 2.24) is 9.55 Å². The van der Waals surface area contributed by atoms with Crippen LogP contribution in [-0.2, 0) is 0 Å². The molecular formula is C24H23N3O5. The molecule has 0 aliphatic carbocycles. The first-order valence-corrected chi connectivity index (χ1v) is 10.3. The number of ether oxygens (including phenoxy) is 2. The van der Waals surface area contributed by atoms with Gasteiger partial charge in [0.15, 0.2) is 0 Å². The predicted molar refractivity (Wildman–Crippen MR) is 124 cm³/mol.